The van der Waals surface area contributed by atoms with Gasteiger partial charge in [0.2, 0.25) is 0 Å². The van der Waals surface area contributed by atoms with E-state index in [0.717, 1.165) is 16.0 Å². The summed E-state index contributed by atoms with van der Waals surface area (Å²) in [6, 6.07) is 27.2. The molecule has 4 aromatic carbocycles. The largest absolute Gasteiger partial charge is 0.489 e. The van der Waals surface area contributed by atoms with Gasteiger partial charge in [-0.2, -0.15) is 0 Å². The van der Waals surface area contributed by atoms with E-state index in [0.29, 0.717) is 33.7 Å². The van der Waals surface area contributed by atoms with Gasteiger partial charge >= 0.3 is 6.03 Å². The first kappa shape index (κ1) is 27.0. The van der Waals surface area contributed by atoms with Crippen molar-refractivity contribution in [3.8, 4) is 11.5 Å². The predicted molar refractivity (Wildman–Crippen MR) is 153 cm³/mol. The van der Waals surface area contributed by atoms with E-state index in [4.69, 9.17) is 32.7 Å². The van der Waals surface area contributed by atoms with Crippen LogP contribution in [0.15, 0.2) is 103 Å². The maximum Gasteiger partial charge on any atom is 0.335 e. The molecule has 0 spiro atoms. The number of halogens is 2. The van der Waals surface area contributed by atoms with E-state index in [1.165, 1.54) is 6.08 Å². The summed E-state index contributed by atoms with van der Waals surface area (Å²) in [5.41, 5.74) is 2.45. The zero-order chi connectivity index (χ0) is 28.1. The Kier molecular flexibility index (Phi) is 8.15. The summed E-state index contributed by atoms with van der Waals surface area (Å²) in [5.74, 6) is -0.375. The number of rotatable bonds is 8. The highest BCUT2D eigenvalue weighted by molar-refractivity contribution is 6.39. The summed E-state index contributed by atoms with van der Waals surface area (Å²) in [6.45, 7) is 0.594. The summed E-state index contributed by atoms with van der Waals surface area (Å²) < 4.78 is 11.6. The smallest absolute Gasteiger partial charge is 0.335 e. The number of hydrogen-bond acceptors (Lipinski definition) is 5. The molecule has 4 amide bonds. The fourth-order valence-corrected chi connectivity index (χ4v) is 4.38. The quantitative estimate of drug-likeness (QED) is 0.185. The molecule has 0 radical (unpaired) electrons. The monoisotopic (exact) mass is 572 g/mol. The molecule has 5 rings (SSSR count). The lowest BCUT2D eigenvalue weighted by Gasteiger charge is -2.26. The first-order chi connectivity index (χ1) is 19.4. The molecule has 1 fully saturated rings. The van der Waals surface area contributed by atoms with Crippen molar-refractivity contribution < 1.29 is 23.9 Å². The molecule has 1 saturated heterocycles. The van der Waals surface area contributed by atoms with Gasteiger partial charge in [0.25, 0.3) is 11.8 Å². The molecule has 9 heteroatoms. The number of ether oxygens (including phenoxy) is 2. The standard InChI is InChI=1S/C31H22Cl2N2O5/c32-23-6-3-4-21(16-23)18-39-25-12-8-20(9-13-25)17-27-29(36)34-31(38)35(30(27)37)24-10-14-26(15-11-24)40-19-22-5-1-2-7-28(22)33/h1-17H,18-19H2,(H,34,36,38)/b27-17+. The summed E-state index contributed by atoms with van der Waals surface area (Å²) in [4.78, 5) is 39.3. The van der Waals surface area contributed by atoms with Gasteiger partial charge in [0.15, 0.2) is 0 Å². The van der Waals surface area contributed by atoms with Gasteiger partial charge < -0.3 is 9.47 Å². The molecule has 0 bridgehead atoms. The normalized spacial score (nSPS) is 14.3. The molecule has 200 valence electrons. The van der Waals surface area contributed by atoms with E-state index in [2.05, 4.69) is 5.32 Å². The van der Waals surface area contributed by atoms with Crippen molar-refractivity contribution in [2.45, 2.75) is 13.2 Å². The lowest BCUT2D eigenvalue weighted by Crippen LogP contribution is -2.54. The Morgan fingerprint density at radius 3 is 2.12 bits per heavy atom. The number of carbonyl (C=O) groups is 3. The fraction of sp³-hybridized carbons (Fsp3) is 0.0645. The number of urea groups is 1. The van der Waals surface area contributed by atoms with E-state index in [1.807, 2.05) is 36.4 Å². The number of hydrogen-bond donors (Lipinski definition) is 1. The van der Waals surface area contributed by atoms with Crippen LogP contribution < -0.4 is 19.7 Å². The van der Waals surface area contributed by atoms with Crippen molar-refractivity contribution in [1.29, 1.82) is 0 Å². The van der Waals surface area contributed by atoms with E-state index >= 15 is 0 Å². The van der Waals surface area contributed by atoms with Crippen LogP contribution >= 0.6 is 23.2 Å². The number of barbiturate groups is 1. The molecule has 1 N–H and O–H groups in total. The molecule has 0 aliphatic carbocycles. The Hall–Kier alpha value is -4.59. The van der Waals surface area contributed by atoms with Gasteiger partial charge in [-0.1, -0.05) is 65.7 Å². The molecule has 0 unspecified atom stereocenters. The van der Waals surface area contributed by atoms with Crippen LogP contribution in [0.3, 0.4) is 0 Å². The van der Waals surface area contributed by atoms with Crippen LogP contribution in [0.4, 0.5) is 10.5 Å². The van der Waals surface area contributed by atoms with Gasteiger partial charge in [0.1, 0.15) is 30.3 Å². The van der Waals surface area contributed by atoms with Crippen molar-refractivity contribution in [3.05, 3.63) is 129 Å². The average molecular weight is 573 g/mol. The van der Waals surface area contributed by atoms with E-state index in [9.17, 15) is 14.4 Å². The first-order valence-electron chi connectivity index (χ1n) is 12.2. The second-order valence-electron chi connectivity index (χ2n) is 8.82. The van der Waals surface area contributed by atoms with E-state index in [-0.39, 0.29) is 17.9 Å². The lowest BCUT2D eigenvalue weighted by atomic mass is 10.1. The topological polar surface area (TPSA) is 84.9 Å². The second-order valence-corrected chi connectivity index (χ2v) is 9.66. The number of anilines is 1. The minimum Gasteiger partial charge on any atom is -0.489 e. The van der Waals surface area contributed by atoms with Crippen LogP contribution in [0.5, 0.6) is 11.5 Å². The van der Waals surface area contributed by atoms with Crippen LogP contribution in [0.1, 0.15) is 16.7 Å². The maximum atomic E-state index is 13.2. The Labute approximate surface area is 240 Å². The van der Waals surface area contributed by atoms with Gasteiger partial charge in [-0.05, 0) is 71.8 Å². The molecule has 0 saturated carbocycles. The maximum absolute atomic E-state index is 13.2. The molecular weight excluding hydrogens is 551 g/mol. The van der Waals surface area contributed by atoms with Crippen molar-refractivity contribution in [1.82, 2.24) is 5.32 Å². The number of benzene rings is 4. The molecule has 0 aromatic heterocycles. The zero-order valence-corrected chi connectivity index (χ0v) is 22.5. The Morgan fingerprint density at radius 2 is 1.43 bits per heavy atom. The molecule has 40 heavy (non-hydrogen) atoms. The molecule has 0 atom stereocenters. The highest BCUT2D eigenvalue weighted by atomic mass is 35.5. The number of nitrogens with zero attached hydrogens (tertiary/aromatic N) is 1. The second kappa shape index (κ2) is 12.1. The summed E-state index contributed by atoms with van der Waals surface area (Å²) in [5, 5.41) is 3.45. The molecule has 1 aliphatic heterocycles. The summed E-state index contributed by atoms with van der Waals surface area (Å²) in [6.07, 6.45) is 1.43. The molecular formula is C31H22Cl2N2O5. The van der Waals surface area contributed by atoms with Crippen LogP contribution in [0.25, 0.3) is 6.08 Å². The fourth-order valence-electron chi connectivity index (χ4n) is 3.98. The van der Waals surface area contributed by atoms with E-state index < -0.39 is 17.8 Å². The molecule has 1 heterocycles. The Balaban J connectivity index is 1.27. The van der Waals surface area contributed by atoms with Crippen molar-refractivity contribution in [2.24, 2.45) is 0 Å². The van der Waals surface area contributed by atoms with Crippen LogP contribution in [0.2, 0.25) is 10.0 Å². The third kappa shape index (κ3) is 6.34. The number of nitrogens with one attached hydrogen (secondary N) is 1. The number of imide groups is 2. The molecule has 7 nitrogen and oxygen atoms in total. The summed E-state index contributed by atoms with van der Waals surface area (Å²) >= 11 is 12.2. The highest BCUT2D eigenvalue weighted by Crippen LogP contribution is 2.26. The molecule has 4 aromatic rings. The van der Waals surface area contributed by atoms with Gasteiger partial charge in [0.05, 0.1) is 5.69 Å². The SMILES string of the molecule is O=C1NC(=O)N(c2ccc(OCc3ccccc3Cl)cc2)C(=O)/C1=C/c1ccc(OCc2cccc(Cl)c2)cc1. The van der Waals surface area contributed by atoms with Gasteiger partial charge in [0, 0.05) is 15.6 Å². The predicted octanol–water partition coefficient (Wildman–Crippen LogP) is 6.82. The lowest BCUT2D eigenvalue weighted by molar-refractivity contribution is -0.122. The highest BCUT2D eigenvalue weighted by Gasteiger charge is 2.36. The van der Waals surface area contributed by atoms with Crippen molar-refractivity contribution in [2.75, 3.05) is 4.90 Å². The van der Waals surface area contributed by atoms with Crippen LogP contribution in [0, 0.1) is 0 Å². The minimum absolute atomic E-state index is 0.175. The summed E-state index contributed by atoms with van der Waals surface area (Å²) in [7, 11) is 0. The van der Waals surface area contributed by atoms with Crippen molar-refractivity contribution >= 4 is 52.8 Å². The van der Waals surface area contributed by atoms with Gasteiger partial charge in [-0.25, -0.2) is 9.69 Å². The number of amides is 4. The van der Waals surface area contributed by atoms with E-state index in [1.54, 1.807) is 60.7 Å². The molecule has 1 aliphatic rings. The minimum atomic E-state index is -0.832. The van der Waals surface area contributed by atoms with Gasteiger partial charge in [-0.15, -0.1) is 0 Å². The van der Waals surface area contributed by atoms with Crippen LogP contribution in [-0.4, -0.2) is 17.8 Å². The van der Waals surface area contributed by atoms with Crippen molar-refractivity contribution in [3.63, 3.8) is 0 Å². The average Bonchev–Trinajstić information content (AvgIpc) is 2.95. The van der Waals surface area contributed by atoms with Crippen LogP contribution in [-0.2, 0) is 22.8 Å². The Morgan fingerprint density at radius 1 is 0.750 bits per heavy atom. The first-order valence-corrected chi connectivity index (χ1v) is 13.0. The third-order valence-electron chi connectivity index (χ3n) is 6.03. The third-order valence-corrected chi connectivity index (χ3v) is 6.64. The Bertz CT molecular complexity index is 1600. The van der Waals surface area contributed by atoms with Gasteiger partial charge in [-0.3, -0.25) is 14.9 Å². The zero-order valence-electron chi connectivity index (χ0n) is 21.0. The number of carbonyl (C=O) groups excluding carboxylic acids is 3.